The normalized spacial score (nSPS) is 11.0. The summed E-state index contributed by atoms with van der Waals surface area (Å²) in [6.07, 6.45) is 0. The summed E-state index contributed by atoms with van der Waals surface area (Å²) in [5.74, 6) is -0.0394. The second-order valence-electron chi connectivity index (χ2n) is 6.70. The van der Waals surface area contributed by atoms with Gasteiger partial charge in [-0.2, -0.15) is 0 Å². The summed E-state index contributed by atoms with van der Waals surface area (Å²) in [6.45, 7) is 2.38. The lowest BCUT2D eigenvalue weighted by molar-refractivity contribution is 0.0699. The smallest absolute Gasteiger partial charge is 0.337 e. The van der Waals surface area contributed by atoms with Gasteiger partial charge in [0.2, 0.25) is 0 Å². The Bertz CT molecular complexity index is 1290. The number of carbonyl (C=O) groups is 1. The van der Waals surface area contributed by atoms with Gasteiger partial charge in [-0.3, -0.25) is 9.36 Å². The molecule has 0 saturated carbocycles. The van der Waals surface area contributed by atoms with Gasteiger partial charge >= 0.3 is 5.97 Å². The molecular weight excluding hydrogens is 424 g/mol. The second-order valence-corrected chi connectivity index (χ2v) is 7.99. The van der Waals surface area contributed by atoms with Crippen LogP contribution in [0.1, 0.15) is 15.9 Å². The Morgan fingerprint density at radius 2 is 2.00 bits per heavy atom. The van der Waals surface area contributed by atoms with Crippen molar-refractivity contribution in [1.29, 1.82) is 0 Å². The summed E-state index contributed by atoms with van der Waals surface area (Å²) < 4.78 is 7.22. The Hall–Kier alpha value is -3.16. The Morgan fingerprint density at radius 1 is 1.23 bits per heavy atom. The fourth-order valence-corrected chi connectivity index (χ4v) is 4.21. The highest BCUT2D eigenvalue weighted by molar-refractivity contribution is 7.17. The molecule has 4 rings (SSSR count). The third-order valence-electron chi connectivity index (χ3n) is 4.60. The number of aryl methyl sites for hydroxylation is 1. The molecule has 0 saturated heterocycles. The van der Waals surface area contributed by atoms with Crippen molar-refractivity contribution >= 4 is 39.1 Å². The number of hydrogen-bond acceptors (Lipinski definition) is 5. The van der Waals surface area contributed by atoms with E-state index in [0.717, 1.165) is 22.5 Å². The van der Waals surface area contributed by atoms with Gasteiger partial charge in [-0.1, -0.05) is 35.4 Å². The third-order valence-corrected chi connectivity index (χ3v) is 5.72. The number of carboxylic acids is 1. The van der Waals surface area contributed by atoms with Crippen LogP contribution in [-0.4, -0.2) is 27.2 Å². The molecule has 8 heteroatoms. The molecule has 1 N–H and O–H groups in total. The number of thiophene rings is 1. The van der Waals surface area contributed by atoms with Gasteiger partial charge in [0, 0.05) is 16.0 Å². The number of carboxylic acid groups (broad SMARTS) is 1. The molecule has 0 aliphatic heterocycles. The quantitative estimate of drug-likeness (QED) is 0.463. The van der Waals surface area contributed by atoms with Crippen molar-refractivity contribution < 1.29 is 14.6 Å². The van der Waals surface area contributed by atoms with Crippen LogP contribution in [0.5, 0.6) is 5.75 Å². The summed E-state index contributed by atoms with van der Waals surface area (Å²) in [7, 11) is 0. The van der Waals surface area contributed by atoms with E-state index >= 15 is 0 Å². The monoisotopic (exact) mass is 440 g/mol. The highest BCUT2D eigenvalue weighted by Crippen LogP contribution is 2.26. The number of rotatable bonds is 6. The van der Waals surface area contributed by atoms with Crippen LogP contribution in [0.15, 0.2) is 58.7 Å². The number of ether oxygens (including phenoxy) is 1. The molecule has 0 spiro atoms. The van der Waals surface area contributed by atoms with Gasteiger partial charge in [-0.15, -0.1) is 11.3 Å². The zero-order chi connectivity index (χ0) is 21.3. The van der Waals surface area contributed by atoms with Gasteiger partial charge in [0.05, 0.1) is 17.5 Å². The Balaban J connectivity index is 1.77. The molecule has 2 heterocycles. The van der Waals surface area contributed by atoms with Crippen LogP contribution >= 0.6 is 22.9 Å². The zero-order valence-corrected chi connectivity index (χ0v) is 17.5. The highest BCUT2D eigenvalue weighted by atomic mass is 35.5. The molecular formula is C22H17ClN2O4S. The van der Waals surface area contributed by atoms with Crippen LogP contribution in [0.2, 0.25) is 5.02 Å². The predicted molar refractivity (Wildman–Crippen MR) is 118 cm³/mol. The SMILES string of the molecule is Cc1cccc(-c2nc3scc(C(=O)O)c3c(=O)n2CCOc2ccc(Cl)cc2)c1. The molecule has 4 aromatic rings. The Morgan fingerprint density at radius 3 is 2.70 bits per heavy atom. The standard InChI is InChI=1S/C22H17ClN2O4S/c1-13-3-2-4-14(11-13)19-24-20-18(17(12-30-20)22(27)28)21(26)25(19)9-10-29-16-7-5-15(23)6-8-16/h2-8,11-12H,9-10H2,1H3,(H,27,28). The van der Waals surface area contributed by atoms with Gasteiger partial charge < -0.3 is 9.84 Å². The fourth-order valence-electron chi connectivity index (χ4n) is 3.18. The lowest BCUT2D eigenvalue weighted by atomic mass is 10.1. The van der Waals surface area contributed by atoms with E-state index in [-0.39, 0.29) is 24.1 Å². The Kier molecular flexibility index (Phi) is 5.57. The molecule has 30 heavy (non-hydrogen) atoms. The van der Waals surface area contributed by atoms with E-state index in [1.807, 2.05) is 31.2 Å². The van der Waals surface area contributed by atoms with Crippen LogP contribution in [0.4, 0.5) is 0 Å². The van der Waals surface area contributed by atoms with Crippen LogP contribution in [0.3, 0.4) is 0 Å². The molecule has 2 aromatic carbocycles. The minimum absolute atomic E-state index is 0.0318. The van der Waals surface area contributed by atoms with E-state index in [4.69, 9.17) is 16.3 Å². The molecule has 0 atom stereocenters. The largest absolute Gasteiger partial charge is 0.492 e. The third kappa shape index (κ3) is 3.94. The maximum Gasteiger partial charge on any atom is 0.337 e. The van der Waals surface area contributed by atoms with E-state index in [1.165, 1.54) is 9.95 Å². The summed E-state index contributed by atoms with van der Waals surface area (Å²) >= 11 is 7.04. The average Bonchev–Trinajstić information content (AvgIpc) is 3.15. The predicted octanol–water partition coefficient (Wildman–Crippen LogP) is 4.86. The lowest BCUT2D eigenvalue weighted by Crippen LogP contribution is -2.26. The summed E-state index contributed by atoms with van der Waals surface area (Å²) in [5.41, 5.74) is 1.39. The molecule has 0 bridgehead atoms. The van der Waals surface area contributed by atoms with Crippen molar-refractivity contribution in [2.24, 2.45) is 0 Å². The molecule has 0 aliphatic carbocycles. The van der Waals surface area contributed by atoms with E-state index in [9.17, 15) is 14.7 Å². The van der Waals surface area contributed by atoms with E-state index in [0.29, 0.717) is 21.4 Å². The first-order valence-corrected chi connectivity index (χ1v) is 10.4. The number of hydrogen-bond donors (Lipinski definition) is 1. The van der Waals surface area contributed by atoms with Crippen LogP contribution < -0.4 is 10.3 Å². The minimum atomic E-state index is -1.15. The molecule has 152 valence electrons. The molecule has 0 fully saturated rings. The van der Waals surface area contributed by atoms with Crippen molar-refractivity contribution in [2.45, 2.75) is 13.5 Å². The molecule has 6 nitrogen and oxygen atoms in total. The number of fused-ring (bicyclic) bond motifs is 1. The number of halogens is 1. The van der Waals surface area contributed by atoms with Crippen LogP contribution in [0, 0.1) is 6.92 Å². The van der Waals surface area contributed by atoms with Crippen molar-refractivity contribution in [2.75, 3.05) is 6.61 Å². The average molecular weight is 441 g/mol. The van der Waals surface area contributed by atoms with Crippen LogP contribution in [0.25, 0.3) is 21.6 Å². The maximum atomic E-state index is 13.3. The first-order valence-electron chi connectivity index (χ1n) is 9.15. The van der Waals surface area contributed by atoms with Crippen molar-refractivity contribution in [1.82, 2.24) is 9.55 Å². The Labute approximate surface area is 181 Å². The van der Waals surface area contributed by atoms with E-state index in [1.54, 1.807) is 24.3 Å². The van der Waals surface area contributed by atoms with E-state index in [2.05, 4.69) is 4.98 Å². The highest BCUT2D eigenvalue weighted by Gasteiger charge is 2.20. The minimum Gasteiger partial charge on any atom is -0.492 e. The molecule has 0 radical (unpaired) electrons. The van der Waals surface area contributed by atoms with Gasteiger partial charge in [-0.05, 0) is 37.3 Å². The molecule has 2 aromatic heterocycles. The topological polar surface area (TPSA) is 81.4 Å². The van der Waals surface area contributed by atoms with E-state index < -0.39 is 11.5 Å². The first-order chi connectivity index (χ1) is 14.4. The first kappa shape index (κ1) is 20.1. The number of benzene rings is 2. The molecule has 0 unspecified atom stereocenters. The fraction of sp³-hybridized carbons (Fsp3) is 0.136. The zero-order valence-electron chi connectivity index (χ0n) is 16.0. The lowest BCUT2D eigenvalue weighted by Gasteiger charge is -2.14. The van der Waals surface area contributed by atoms with Crippen molar-refractivity contribution in [3.63, 3.8) is 0 Å². The summed E-state index contributed by atoms with van der Waals surface area (Å²) in [5, 5.41) is 11.6. The second kappa shape index (κ2) is 8.30. The van der Waals surface area contributed by atoms with Gasteiger partial charge in [0.25, 0.3) is 5.56 Å². The van der Waals surface area contributed by atoms with Crippen molar-refractivity contribution in [3.8, 4) is 17.1 Å². The van der Waals surface area contributed by atoms with Gasteiger partial charge in [-0.25, -0.2) is 9.78 Å². The summed E-state index contributed by atoms with van der Waals surface area (Å²) in [4.78, 5) is 29.9. The molecule has 0 amide bonds. The van der Waals surface area contributed by atoms with Crippen molar-refractivity contribution in [3.05, 3.63) is 80.4 Å². The van der Waals surface area contributed by atoms with Gasteiger partial charge in [0.15, 0.2) is 0 Å². The number of aromatic carboxylic acids is 1. The maximum absolute atomic E-state index is 13.3. The number of nitrogens with zero attached hydrogens (tertiary/aromatic N) is 2. The summed E-state index contributed by atoms with van der Waals surface area (Å²) in [6, 6.07) is 14.6. The van der Waals surface area contributed by atoms with Gasteiger partial charge in [0.1, 0.15) is 23.0 Å². The van der Waals surface area contributed by atoms with Crippen LogP contribution in [-0.2, 0) is 6.54 Å². The molecule has 0 aliphatic rings. The number of aromatic nitrogens is 2.